The van der Waals surface area contributed by atoms with Crippen molar-refractivity contribution in [2.45, 2.75) is 68.3 Å². The number of β-lactam (4-membered cyclic amide) rings is 1. The molecule has 10 heteroatoms. The molecule has 2 heterocycles. The Bertz CT molecular complexity index is 1350. The minimum absolute atomic E-state index is 0.0104. The van der Waals surface area contributed by atoms with Gasteiger partial charge in [0.15, 0.2) is 0 Å². The fourth-order valence-electron chi connectivity index (χ4n) is 5.97. The third-order valence-corrected chi connectivity index (χ3v) is 8.38. The van der Waals surface area contributed by atoms with Crippen LogP contribution < -0.4 is 4.90 Å². The molecular weight excluding hydrogens is 545 g/mol. The van der Waals surface area contributed by atoms with Crippen molar-refractivity contribution in [1.29, 1.82) is 0 Å². The van der Waals surface area contributed by atoms with Gasteiger partial charge in [-0.3, -0.25) is 4.79 Å². The van der Waals surface area contributed by atoms with Crippen LogP contribution in [0.5, 0.6) is 5.75 Å². The topological polar surface area (TPSA) is 151 Å². The van der Waals surface area contributed by atoms with Crippen molar-refractivity contribution < 1.29 is 44.6 Å². The van der Waals surface area contributed by atoms with E-state index < -0.39 is 61.0 Å². The summed E-state index contributed by atoms with van der Waals surface area (Å²) in [5.41, 5.74) is 2.53. The molecule has 0 bridgehead atoms. The standard InChI is InChI=1S/C32H36FNO8/c33-20-10-8-19(9-11-20)24(36)14-13-23-28(34(32(23)41)21-4-2-1-3-5-21)22-12-6-18(16-25(22)37)7-15-26-29(38)31(40)30(39)27(17-35)42-26/h1-6,8-12,16,23-24,26-31,35-40H,7,13-15,17H2/t23-,24+,26+,27?,28-,29-,30-,31?/m1/s1. The number of aliphatic hydroxyl groups excluding tert-OH is 5. The number of para-hydroxylation sites is 1. The summed E-state index contributed by atoms with van der Waals surface area (Å²) in [6.07, 6.45) is -5.62. The summed E-state index contributed by atoms with van der Waals surface area (Å²) in [6.45, 7) is -0.503. The summed E-state index contributed by atoms with van der Waals surface area (Å²) in [5.74, 6) is -1.02. The molecule has 3 aromatic rings. The van der Waals surface area contributed by atoms with Crippen LogP contribution in [-0.2, 0) is 16.0 Å². The predicted octanol–water partition coefficient (Wildman–Crippen LogP) is 2.52. The highest BCUT2D eigenvalue weighted by Gasteiger charge is 2.49. The first kappa shape index (κ1) is 30.1. The highest BCUT2D eigenvalue weighted by Crippen LogP contribution is 2.48. The fraction of sp³-hybridized carbons (Fsp3) is 0.406. The second-order valence-corrected chi connectivity index (χ2v) is 11.0. The Labute approximate surface area is 243 Å². The van der Waals surface area contributed by atoms with Gasteiger partial charge < -0.3 is 40.3 Å². The summed E-state index contributed by atoms with van der Waals surface area (Å²) in [7, 11) is 0. The fourth-order valence-corrected chi connectivity index (χ4v) is 5.97. The average Bonchev–Trinajstić information content (AvgIpc) is 2.99. The van der Waals surface area contributed by atoms with Gasteiger partial charge in [0.1, 0.15) is 36.0 Å². The number of carbonyl (C=O) groups excluding carboxylic acids is 1. The highest BCUT2D eigenvalue weighted by atomic mass is 19.1. The Hall–Kier alpha value is -3.38. The molecule has 2 unspecified atom stereocenters. The van der Waals surface area contributed by atoms with E-state index in [2.05, 4.69) is 0 Å². The number of phenolic OH excluding ortho intramolecular Hbond substituents is 1. The normalized spacial score (nSPS) is 28.4. The maximum Gasteiger partial charge on any atom is 0.233 e. The lowest BCUT2D eigenvalue weighted by atomic mass is 9.77. The Morgan fingerprint density at radius 3 is 2.24 bits per heavy atom. The number of aromatic hydroxyl groups is 1. The number of aliphatic hydroxyl groups is 5. The maximum atomic E-state index is 13.3. The quantitative estimate of drug-likeness (QED) is 0.200. The molecule has 3 aromatic carbocycles. The summed E-state index contributed by atoms with van der Waals surface area (Å²) in [4.78, 5) is 15.0. The minimum Gasteiger partial charge on any atom is -0.508 e. The van der Waals surface area contributed by atoms with Crippen molar-refractivity contribution in [3.05, 3.63) is 95.3 Å². The molecule has 8 atom stereocenters. The van der Waals surface area contributed by atoms with E-state index in [1.807, 2.05) is 36.4 Å². The van der Waals surface area contributed by atoms with Gasteiger partial charge in [-0.1, -0.05) is 42.5 Å². The lowest BCUT2D eigenvalue weighted by Gasteiger charge is -2.48. The summed E-state index contributed by atoms with van der Waals surface area (Å²) >= 11 is 0. The van der Waals surface area contributed by atoms with E-state index in [1.165, 1.54) is 24.3 Å². The van der Waals surface area contributed by atoms with E-state index >= 15 is 0 Å². The Morgan fingerprint density at radius 2 is 1.57 bits per heavy atom. The van der Waals surface area contributed by atoms with Crippen molar-refractivity contribution in [2.24, 2.45) is 5.92 Å². The van der Waals surface area contributed by atoms with E-state index in [0.717, 1.165) is 5.56 Å². The monoisotopic (exact) mass is 581 g/mol. The van der Waals surface area contributed by atoms with Crippen LogP contribution in [0, 0.1) is 11.7 Å². The number of benzene rings is 3. The molecule has 5 rings (SSSR count). The van der Waals surface area contributed by atoms with Gasteiger partial charge in [0.25, 0.3) is 0 Å². The molecule has 2 saturated heterocycles. The average molecular weight is 582 g/mol. The Kier molecular flexibility index (Phi) is 9.22. The van der Waals surface area contributed by atoms with E-state index in [0.29, 0.717) is 29.7 Å². The molecule has 0 aliphatic carbocycles. The number of aryl methyl sites for hydroxylation is 1. The molecule has 2 aliphatic heterocycles. The smallest absolute Gasteiger partial charge is 0.233 e. The number of hydrogen-bond acceptors (Lipinski definition) is 8. The van der Waals surface area contributed by atoms with Gasteiger partial charge in [-0.25, -0.2) is 4.39 Å². The first-order chi connectivity index (χ1) is 20.2. The maximum absolute atomic E-state index is 13.3. The van der Waals surface area contributed by atoms with E-state index in [4.69, 9.17) is 4.74 Å². The second kappa shape index (κ2) is 12.9. The molecule has 9 nitrogen and oxygen atoms in total. The Balaban J connectivity index is 1.31. The molecule has 224 valence electrons. The summed E-state index contributed by atoms with van der Waals surface area (Å²) in [6, 6.07) is 19.4. The number of carbonyl (C=O) groups is 1. The van der Waals surface area contributed by atoms with Crippen LogP contribution in [0.1, 0.15) is 48.1 Å². The van der Waals surface area contributed by atoms with Gasteiger partial charge in [-0.15, -0.1) is 0 Å². The number of halogens is 1. The summed E-state index contributed by atoms with van der Waals surface area (Å²) < 4.78 is 18.9. The van der Waals surface area contributed by atoms with Crippen LogP contribution in [0.4, 0.5) is 10.1 Å². The van der Waals surface area contributed by atoms with E-state index in [-0.39, 0.29) is 24.5 Å². The minimum atomic E-state index is -1.45. The summed E-state index contributed by atoms with van der Waals surface area (Å²) in [5, 5.41) is 61.6. The SMILES string of the molecule is O=C1[C@H](CC[C@H](O)c2ccc(F)cc2)[C@@H](c2ccc(CC[C@@H]3OC(CO)[C@@H](O)C(O)[C@@H]3O)cc2O)N1c1ccccc1. The van der Waals surface area contributed by atoms with Gasteiger partial charge in [0, 0.05) is 11.3 Å². The van der Waals surface area contributed by atoms with Crippen molar-refractivity contribution in [1.82, 2.24) is 0 Å². The van der Waals surface area contributed by atoms with Crippen LogP contribution in [0.25, 0.3) is 0 Å². The molecule has 1 amide bonds. The van der Waals surface area contributed by atoms with E-state index in [9.17, 15) is 39.8 Å². The number of amides is 1. The zero-order chi connectivity index (χ0) is 30.0. The molecule has 0 radical (unpaired) electrons. The predicted molar refractivity (Wildman–Crippen MR) is 151 cm³/mol. The van der Waals surface area contributed by atoms with Crippen molar-refractivity contribution >= 4 is 11.6 Å². The number of hydrogen-bond donors (Lipinski definition) is 6. The number of rotatable bonds is 10. The van der Waals surface area contributed by atoms with Gasteiger partial charge in [0.2, 0.25) is 5.91 Å². The van der Waals surface area contributed by atoms with Crippen molar-refractivity contribution in [3.8, 4) is 5.75 Å². The van der Waals surface area contributed by atoms with Crippen LogP contribution in [0.3, 0.4) is 0 Å². The van der Waals surface area contributed by atoms with Gasteiger partial charge in [-0.2, -0.15) is 0 Å². The number of anilines is 1. The lowest BCUT2D eigenvalue weighted by Crippen LogP contribution is -2.58. The van der Waals surface area contributed by atoms with Crippen LogP contribution in [-0.4, -0.2) is 73.7 Å². The number of ether oxygens (including phenoxy) is 1. The third kappa shape index (κ3) is 6.05. The van der Waals surface area contributed by atoms with E-state index in [1.54, 1.807) is 17.0 Å². The zero-order valence-corrected chi connectivity index (χ0v) is 22.9. The van der Waals surface area contributed by atoms with Gasteiger partial charge >= 0.3 is 0 Å². The van der Waals surface area contributed by atoms with Crippen molar-refractivity contribution in [2.75, 3.05) is 11.5 Å². The number of phenols is 1. The van der Waals surface area contributed by atoms with Crippen LogP contribution >= 0.6 is 0 Å². The number of nitrogens with zero attached hydrogens (tertiary/aromatic N) is 1. The molecule has 2 aliphatic rings. The molecule has 0 spiro atoms. The molecule has 42 heavy (non-hydrogen) atoms. The van der Waals surface area contributed by atoms with Crippen molar-refractivity contribution in [3.63, 3.8) is 0 Å². The molecule has 0 saturated carbocycles. The third-order valence-electron chi connectivity index (χ3n) is 8.38. The Morgan fingerprint density at radius 1 is 0.881 bits per heavy atom. The van der Waals surface area contributed by atoms with Gasteiger partial charge in [0.05, 0.1) is 30.8 Å². The van der Waals surface area contributed by atoms with Gasteiger partial charge in [-0.05, 0) is 67.1 Å². The first-order valence-electron chi connectivity index (χ1n) is 14.1. The second-order valence-electron chi connectivity index (χ2n) is 11.0. The lowest BCUT2D eigenvalue weighted by molar-refractivity contribution is -0.230. The first-order valence-corrected chi connectivity index (χ1v) is 14.1. The zero-order valence-electron chi connectivity index (χ0n) is 22.9. The molecule has 6 N–H and O–H groups in total. The molecule has 0 aromatic heterocycles. The van der Waals surface area contributed by atoms with Crippen LogP contribution in [0.15, 0.2) is 72.8 Å². The van der Waals surface area contributed by atoms with Crippen LogP contribution in [0.2, 0.25) is 0 Å². The molecule has 2 fully saturated rings. The highest BCUT2D eigenvalue weighted by molar-refractivity contribution is 6.03. The molecular formula is C32H36FNO8. The largest absolute Gasteiger partial charge is 0.508 e.